The molecule has 1 aliphatic rings. The molecule has 0 unspecified atom stereocenters. The number of aromatic carboxylic acids is 3. The maximum Gasteiger partial charge on any atom is 2.00 e. The number of benzene rings is 3. The van der Waals surface area contributed by atoms with Gasteiger partial charge < -0.3 is 29.7 Å². The number of rotatable bonds is 3. The minimum Gasteiger partial charge on any atom is -0.543 e. The van der Waals surface area contributed by atoms with E-state index in [9.17, 15) is 29.7 Å². The molecule has 3 aromatic heterocycles. The van der Waals surface area contributed by atoms with Gasteiger partial charge in [-0.15, -0.1) is 0 Å². The number of pyridine rings is 3. The third-order valence-corrected chi connectivity index (χ3v) is 7.28. The summed E-state index contributed by atoms with van der Waals surface area (Å²) in [5.74, 6) is -2.75. The number of hydrogen-bond donors (Lipinski definition) is 1. The van der Waals surface area contributed by atoms with Gasteiger partial charge in [0, 0.05) is 23.1 Å². The van der Waals surface area contributed by atoms with Gasteiger partial charge in [-0.05, 0) is 55.7 Å². The summed E-state index contributed by atoms with van der Waals surface area (Å²) in [5.41, 5.74) is 7.53. The fraction of sp³-hybridized carbons (Fsp3) is 0.162. The number of nitrogens with zero attached hydrogens (tertiary/aromatic N) is 4. The fourth-order valence-corrected chi connectivity index (χ4v) is 4.79. The number of fused-ring (bicyclic) bond motifs is 3. The van der Waals surface area contributed by atoms with Crippen LogP contribution in [-0.2, 0) is 19.5 Å². The second-order valence-corrected chi connectivity index (χ2v) is 10.7. The Balaban J connectivity index is 0.000000177. The molecule has 6 aromatic rings. The summed E-state index contributed by atoms with van der Waals surface area (Å²) in [6.45, 7) is 4.32. The largest absolute Gasteiger partial charge is 2.00 e. The Morgan fingerprint density at radius 2 is 0.837 bits per heavy atom. The molecule has 0 amide bonds. The third kappa shape index (κ3) is 11.3. The number of carboxylic acid groups (broad SMARTS) is 3. The Kier molecular flexibility index (Phi) is 14.4. The molecule has 1 saturated heterocycles. The van der Waals surface area contributed by atoms with E-state index < -0.39 is 17.9 Å². The summed E-state index contributed by atoms with van der Waals surface area (Å²) in [6, 6.07) is 31.5. The zero-order valence-corrected chi connectivity index (χ0v) is 29.9. The van der Waals surface area contributed by atoms with Crippen molar-refractivity contribution >= 4 is 56.5 Å². The zero-order valence-electron chi connectivity index (χ0n) is 27.0. The maximum atomic E-state index is 10.5. The van der Waals surface area contributed by atoms with Gasteiger partial charge in [0.15, 0.2) is 0 Å². The molecule has 0 bridgehead atoms. The number of amidine groups is 1. The normalized spacial score (nSPS) is 11.7. The molecule has 244 valence electrons. The number of carbonyl (C=O) groups is 3. The van der Waals surface area contributed by atoms with Crippen LogP contribution >= 0.6 is 0 Å². The van der Waals surface area contributed by atoms with Gasteiger partial charge >= 0.3 is 19.5 Å². The standard InChI is InChI=1S/3C10H7NO2.C7H14N2.Zn/c3*12-10(13)9-6-5-7-3-1-2-4-8(7)11-9;1-7(8)9-5-3-2-4-6-9;/h3*1-6H,(H,12,13);8H,2-6H2,1H3;/q;;;;+2/p-2. The van der Waals surface area contributed by atoms with Crippen molar-refractivity contribution in [2.45, 2.75) is 26.2 Å². The molecule has 2 N–H and O–H groups in total. The third-order valence-electron chi connectivity index (χ3n) is 7.28. The predicted molar refractivity (Wildman–Crippen MR) is 177 cm³/mol. The summed E-state index contributed by atoms with van der Waals surface area (Å²) in [5, 5.41) is 34.2. The van der Waals surface area contributed by atoms with E-state index in [2.05, 4.69) is 19.5 Å². The molecule has 7 rings (SSSR count). The summed E-state index contributed by atoms with van der Waals surface area (Å²) in [4.78, 5) is 43.2. The van der Waals surface area contributed by atoms with Crippen molar-refractivity contribution in [3.63, 3.8) is 0 Å². The van der Waals surface area contributed by atoms with E-state index in [1.165, 1.54) is 50.6 Å². The second kappa shape index (κ2) is 18.7. The number of carboxylic acids is 3. The van der Waals surface area contributed by atoms with Crippen molar-refractivity contribution in [2.75, 3.05) is 13.1 Å². The van der Waals surface area contributed by atoms with E-state index in [1.807, 2.05) is 61.5 Å². The Hall–Kier alpha value is -5.61. The van der Waals surface area contributed by atoms with Crippen molar-refractivity contribution in [3.05, 3.63) is 126 Å². The van der Waals surface area contributed by atoms with Crippen LogP contribution in [0.4, 0.5) is 0 Å². The van der Waals surface area contributed by atoms with Crippen LogP contribution in [0.5, 0.6) is 0 Å². The molecule has 4 heterocycles. The fourth-order valence-electron chi connectivity index (χ4n) is 4.79. The summed E-state index contributed by atoms with van der Waals surface area (Å²) >= 11 is 0. The number of piperidine rings is 1. The number of para-hydroxylation sites is 3. The van der Waals surface area contributed by atoms with Crippen molar-refractivity contribution in [2.24, 2.45) is 5.73 Å². The molecule has 11 nitrogen and oxygen atoms in total. The Labute approximate surface area is 295 Å². The molecule has 0 aliphatic carbocycles. The van der Waals surface area contributed by atoms with Crippen molar-refractivity contribution in [1.82, 2.24) is 15.0 Å². The molecule has 0 atom stereocenters. The van der Waals surface area contributed by atoms with E-state index >= 15 is 0 Å². The SMILES string of the molecule is CC(N)=[N+]1CCCCC1.O=C([O-])c1ccc2ccccc2n1.O=C([O-])c1ccc2ccccc2n1.O=C([O-])c1ccc2ccccc2n1.[Zn+2]. The topological polar surface area (TPSA) is 188 Å². The molecule has 1 aliphatic heterocycles. The monoisotopic (exact) mass is 707 g/mol. The van der Waals surface area contributed by atoms with Gasteiger partial charge in [-0.3, -0.25) is 10.3 Å². The number of aromatic nitrogens is 3. The maximum absolute atomic E-state index is 10.5. The van der Waals surface area contributed by atoms with E-state index in [0.717, 1.165) is 22.0 Å². The second-order valence-electron chi connectivity index (χ2n) is 10.7. The van der Waals surface area contributed by atoms with Crippen LogP contribution in [0.3, 0.4) is 0 Å². The quantitative estimate of drug-likeness (QED) is 0.162. The van der Waals surface area contributed by atoms with Gasteiger partial charge in [-0.2, -0.15) is 0 Å². The van der Waals surface area contributed by atoms with Gasteiger partial charge in [0.1, 0.15) is 0 Å². The Morgan fingerprint density at radius 3 is 1.10 bits per heavy atom. The smallest absolute Gasteiger partial charge is 0.543 e. The van der Waals surface area contributed by atoms with Crippen LogP contribution < -0.4 is 21.1 Å². The first kappa shape index (κ1) is 37.8. The Bertz CT molecular complexity index is 1880. The van der Waals surface area contributed by atoms with Crippen LogP contribution in [0.1, 0.15) is 57.7 Å². The van der Waals surface area contributed by atoms with Gasteiger partial charge in [0.2, 0.25) is 5.84 Å². The first-order valence-corrected chi connectivity index (χ1v) is 15.2. The minimum absolute atomic E-state index is 0. The predicted octanol–water partition coefficient (Wildman–Crippen LogP) is 2.35. The van der Waals surface area contributed by atoms with E-state index in [4.69, 9.17) is 5.73 Å². The molecule has 3 aromatic carbocycles. The van der Waals surface area contributed by atoms with Gasteiger partial charge in [-0.1, -0.05) is 72.8 Å². The molecule has 0 radical (unpaired) electrons. The van der Waals surface area contributed by atoms with Crippen molar-refractivity contribution in [3.8, 4) is 0 Å². The average Bonchev–Trinajstić information content (AvgIpc) is 3.12. The first-order chi connectivity index (χ1) is 23.1. The van der Waals surface area contributed by atoms with E-state index in [1.54, 1.807) is 36.4 Å². The summed E-state index contributed by atoms with van der Waals surface area (Å²) < 4.78 is 2.25. The minimum atomic E-state index is -1.24. The number of hydrogen-bond acceptors (Lipinski definition) is 9. The summed E-state index contributed by atoms with van der Waals surface area (Å²) in [7, 11) is 0. The number of nitrogens with two attached hydrogens (primary N) is 1. The van der Waals surface area contributed by atoms with Crippen molar-refractivity contribution in [1.29, 1.82) is 0 Å². The van der Waals surface area contributed by atoms with Gasteiger partial charge in [-0.25, -0.2) is 15.0 Å². The Morgan fingerprint density at radius 1 is 0.531 bits per heavy atom. The van der Waals surface area contributed by atoms with E-state index in [0.29, 0.717) is 16.6 Å². The molecular formula is C37H33N5O6Zn. The molecule has 49 heavy (non-hydrogen) atoms. The number of carbonyl (C=O) groups excluding carboxylic acids is 3. The van der Waals surface area contributed by atoms with Crippen LogP contribution in [0.2, 0.25) is 0 Å². The van der Waals surface area contributed by atoms with Gasteiger partial charge in [0.05, 0.1) is 64.6 Å². The van der Waals surface area contributed by atoms with Crippen LogP contribution in [0.25, 0.3) is 32.7 Å². The zero-order chi connectivity index (χ0) is 34.5. The molecular weight excluding hydrogens is 676 g/mol. The van der Waals surface area contributed by atoms with E-state index in [-0.39, 0.29) is 36.6 Å². The molecule has 0 spiro atoms. The average molecular weight is 709 g/mol. The van der Waals surface area contributed by atoms with Crippen LogP contribution in [-0.4, -0.2) is 56.4 Å². The molecule has 0 saturated carbocycles. The van der Waals surface area contributed by atoms with Crippen LogP contribution in [0.15, 0.2) is 109 Å². The van der Waals surface area contributed by atoms with Crippen molar-refractivity contribution < 1.29 is 53.8 Å². The van der Waals surface area contributed by atoms with Gasteiger partial charge in [0.25, 0.3) is 0 Å². The first-order valence-electron chi connectivity index (χ1n) is 15.2. The summed E-state index contributed by atoms with van der Waals surface area (Å²) in [6.07, 6.45) is 4.01. The molecule has 12 heteroatoms. The van der Waals surface area contributed by atoms with Crippen LogP contribution in [0, 0.1) is 0 Å². The molecule has 1 fully saturated rings.